The highest BCUT2D eigenvalue weighted by Crippen LogP contribution is 2.25. The summed E-state index contributed by atoms with van der Waals surface area (Å²) in [6.45, 7) is 0. The lowest BCUT2D eigenvalue weighted by Gasteiger charge is -2.13. The van der Waals surface area contributed by atoms with Gasteiger partial charge in [0.2, 0.25) is 0 Å². The van der Waals surface area contributed by atoms with Gasteiger partial charge in [0.15, 0.2) is 0 Å². The monoisotopic (exact) mass is 244 g/mol. The minimum Gasteiger partial charge on any atom is -0.490 e. The summed E-state index contributed by atoms with van der Waals surface area (Å²) in [5.74, 6) is 0.812. The molecule has 2 atom stereocenters. The van der Waals surface area contributed by atoms with Crippen LogP contribution in [0, 0.1) is 0 Å². The molecule has 18 heavy (non-hydrogen) atoms. The SMILES string of the molecule is N[C@@H]1CC[C@@H](Oc2ccc3c(=O)[nH]ccc3c2)C1. The molecule has 1 aromatic carbocycles. The summed E-state index contributed by atoms with van der Waals surface area (Å²) in [5, 5.41) is 1.59. The number of aromatic nitrogens is 1. The number of hydrogen-bond donors (Lipinski definition) is 2. The second kappa shape index (κ2) is 4.46. The zero-order chi connectivity index (χ0) is 12.5. The molecule has 0 spiro atoms. The molecular formula is C14H16N2O2. The first-order valence-electron chi connectivity index (χ1n) is 6.26. The van der Waals surface area contributed by atoms with Crippen molar-refractivity contribution in [2.75, 3.05) is 0 Å². The standard InChI is InChI=1S/C14H16N2O2/c15-10-1-2-12(8-10)18-11-3-4-13-9(7-11)5-6-16-14(13)17/h3-7,10,12H,1-2,8,15H2,(H,16,17)/t10-,12-/m1/s1. The Kier molecular flexibility index (Phi) is 2.80. The maximum Gasteiger partial charge on any atom is 0.255 e. The van der Waals surface area contributed by atoms with Crippen molar-refractivity contribution in [3.05, 3.63) is 40.8 Å². The Hall–Kier alpha value is -1.81. The number of hydrogen-bond acceptors (Lipinski definition) is 3. The van der Waals surface area contributed by atoms with E-state index in [-0.39, 0.29) is 17.7 Å². The van der Waals surface area contributed by atoms with Gasteiger partial charge in [-0.1, -0.05) is 0 Å². The van der Waals surface area contributed by atoms with Crippen LogP contribution in [-0.2, 0) is 0 Å². The molecule has 0 amide bonds. The first-order valence-corrected chi connectivity index (χ1v) is 6.26. The third kappa shape index (κ3) is 2.11. The van der Waals surface area contributed by atoms with Crippen molar-refractivity contribution in [1.29, 1.82) is 0 Å². The molecular weight excluding hydrogens is 228 g/mol. The van der Waals surface area contributed by atoms with Gasteiger partial charge in [-0.05, 0) is 48.9 Å². The van der Waals surface area contributed by atoms with Crippen molar-refractivity contribution >= 4 is 10.8 Å². The lowest BCUT2D eigenvalue weighted by molar-refractivity contribution is 0.208. The molecule has 2 aromatic rings. The van der Waals surface area contributed by atoms with E-state index in [0.717, 1.165) is 30.4 Å². The molecule has 1 aliphatic carbocycles. The average Bonchev–Trinajstić information content (AvgIpc) is 2.75. The van der Waals surface area contributed by atoms with E-state index in [1.807, 2.05) is 18.2 Å². The van der Waals surface area contributed by atoms with E-state index in [9.17, 15) is 4.79 Å². The van der Waals surface area contributed by atoms with E-state index in [0.29, 0.717) is 5.39 Å². The quantitative estimate of drug-likeness (QED) is 0.846. The van der Waals surface area contributed by atoms with Crippen molar-refractivity contribution < 1.29 is 4.74 Å². The molecule has 94 valence electrons. The Morgan fingerprint density at radius 2 is 2.17 bits per heavy atom. The summed E-state index contributed by atoms with van der Waals surface area (Å²) in [5.41, 5.74) is 5.80. The fraction of sp³-hybridized carbons (Fsp3) is 0.357. The Labute approximate surface area is 105 Å². The number of benzene rings is 1. The summed E-state index contributed by atoms with van der Waals surface area (Å²) in [6.07, 6.45) is 4.80. The first-order chi connectivity index (χ1) is 8.72. The Morgan fingerprint density at radius 1 is 1.28 bits per heavy atom. The first kappa shape index (κ1) is 11.3. The largest absolute Gasteiger partial charge is 0.490 e. The van der Waals surface area contributed by atoms with E-state index in [4.69, 9.17) is 10.5 Å². The van der Waals surface area contributed by atoms with Gasteiger partial charge in [0.1, 0.15) is 11.9 Å². The third-order valence-corrected chi connectivity index (χ3v) is 3.47. The second-order valence-corrected chi connectivity index (χ2v) is 4.87. The Balaban J connectivity index is 1.87. The van der Waals surface area contributed by atoms with E-state index >= 15 is 0 Å². The fourth-order valence-electron chi connectivity index (χ4n) is 2.52. The molecule has 0 aliphatic heterocycles. The zero-order valence-electron chi connectivity index (χ0n) is 10.1. The molecule has 1 aliphatic rings. The van der Waals surface area contributed by atoms with Gasteiger partial charge in [-0.15, -0.1) is 0 Å². The molecule has 0 saturated heterocycles. The van der Waals surface area contributed by atoms with Crippen molar-refractivity contribution in [2.45, 2.75) is 31.4 Å². The van der Waals surface area contributed by atoms with Gasteiger partial charge in [-0.2, -0.15) is 0 Å². The molecule has 1 aromatic heterocycles. The van der Waals surface area contributed by atoms with Gasteiger partial charge >= 0.3 is 0 Å². The molecule has 0 unspecified atom stereocenters. The zero-order valence-corrected chi connectivity index (χ0v) is 10.1. The number of aromatic amines is 1. The summed E-state index contributed by atoms with van der Waals surface area (Å²) >= 11 is 0. The molecule has 0 radical (unpaired) electrons. The van der Waals surface area contributed by atoms with Crippen LogP contribution in [0.25, 0.3) is 10.8 Å². The van der Waals surface area contributed by atoms with Gasteiger partial charge in [0.05, 0.1) is 0 Å². The predicted octanol–water partition coefficient (Wildman–Crippen LogP) is 1.79. The lowest BCUT2D eigenvalue weighted by atomic mass is 10.1. The van der Waals surface area contributed by atoms with E-state index in [1.165, 1.54) is 0 Å². The highest BCUT2D eigenvalue weighted by molar-refractivity contribution is 5.82. The number of nitrogens with two attached hydrogens (primary N) is 1. The maximum atomic E-state index is 11.6. The molecule has 1 fully saturated rings. The van der Waals surface area contributed by atoms with Gasteiger partial charge in [0.25, 0.3) is 5.56 Å². The maximum absolute atomic E-state index is 11.6. The lowest BCUT2D eigenvalue weighted by Crippen LogP contribution is -2.19. The molecule has 1 heterocycles. The molecule has 4 nitrogen and oxygen atoms in total. The minimum atomic E-state index is -0.0676. The van der Waals surface area contributed by atoms with Crippen LogP contribution in [-0.4, -0.2) is 17.1 Å². The van der Waals surface area contributed by atoms with Gasteiger partial charge in [-0.25, -0.2) is 0 Å². The highest BCUT2D eigenvalue weighted by atomic mass is 16.5. The number of H-pyrrole nitrogens is 1. The number of fused-ring (bicyclic) bond motifs is 1. The van der Waals surface area contributed by atoms with Crippen LogP contribution in [0.15, 0.2) is 35.3 Å². The number of nitrogens with one attached hydrogen (secondary N) is 1. The predicted molar refractivity (Wildman–Crippen MR) is 70.8 cm³/mol. The van der Waals surface area contributed by atoms with Crippen LogP contribution in [0.5, 0.6) is 5.75 Å². The molecule has 3 rings (SSSR count). The third-order valence-electron chi connectivity index (χ3n) is 3.47. The van der Waals surface area contributed by atoms with Crippen molar-refractivity contribution in [2.24, 2.45) is 5.73 Å². The van der Waals surface area contributed by atoms with Crippen molar-refractivity contribution in [3.8, 4) is 5.75 Å². The Bertz CT molecular complexity index is 620. The van der Waals surface area contributed by atoms with Crippen LogP contribution in [0.1, 0.15) is 19.3 Å². The Morgan fingerprint density at radius 3 is 2.94 bits per heavy atom. The number of ether oxygens (including phenoxy) is 1. The van der Waals surface area contributed by atoms with E-state index < -0.39 is 0 Å². The van der Waals surface area contributed by atoms with Crippen molar-refractivity contribution in [3.63, 3.8) is 0 Å². The summed E-state index contributed by atoms with van der Waals surface area (Å²) in [4.78, 5) is 14.2. The number of pyridine rings is 1. The topological polar surface area (TPSA) is 68.1 Å². The minimum absolute atomic E-state index is 0.0676. The summed E-state index contributed by atoms with van der Waals surface area (Å²) < 4.78 is 5.90. The average molecular weight is 244 g/mol. The van der Waals surface area contributed by atoms with Crippen LogP contribution in [0.4, 0.5) is 0 Å². The summed E-state index contributed by atoms with van der Waals surface area (Å²) in [7, 11) is 0. The highest BCUT2D eigenvalue weighted by Gasteiger charge is 2.23. The molecule has 3 N–H and O–H groups in total. The van der Waals surface area contributed by atoms with Crippen molar-refractivity contribution in [1.82, 2.24) is 4.98 Å². The molecule has 1 saturated carbocycles. The molecule has 0 bridgehead atoms. The fourth-order valence-corrected chi connectivity index (χ4v) is 2.52. The van der Waals surface area contributed by atoms with Crippen LogP contribution < -0.4 is 16.0 Å². The number of rotatable bonds is 2. The van der Waals surface area contributed by atoms with Crippen LogP contribution in [0.2, 0.25) is 0 Å². The van der Waals surface area contributed by atoms with Crippen LogP contribution in [0.3, 0.4) is 0 Å². The van der Waals surface area contributed by atoms with Gasteiger partial charge < -0.3 is 15.5 Å². The van der Waals surface area contributed by atoms with E-state index in [2.05, 4.69) is 4.98 Å². The smallest absolute Gasteiger partial charge is 0.255 e. The normalized spacial score (nSPS) is 23.4. The molecule has 4 heteroatoms. The summed E-state index contributed by atoms with van der Waals surface area (Å²) in [6, 6.07) is 7.70. The van der Waals surface area contributed by atoms with Gasteiger partial charge in [-0.3, -0.25) is 4.79 Å². The van der Waals surface area contributed by atoms with E-state index in [1.54, 1.807) is 12.3 Å². The second-order valence-electron chi connectivity index (χ2n) is 4.87. The van der Waals surface area contributed by atoms with Gasteiger partial charge in [0, 0.05) is 17.6 Å². The van der Waals surface area contributed by atoms with Crippen LogP contribution >= 0.6 is 0 Å².